The second-order valence-corrected chi connectivity index (χ2v) is 17.2. The fraction of sp³-hybridized carbons (Fsp3) is 0. The zero-order chi connectivity index (χ0) is 48.1. The van der Waals surface area contributed by atoms with Crippen LogP contribution in [0, 0.1) is 0 Å². The number of anilines is 3. The Morgan fingerprint density at radius 2 is 0.569 bits per heavy atom. The van der Waals surface area contributed by atoms with E-state index in [-0.39, 0.29) is 0 Å². The molecule has 0 N–H and O–H groups in total. The van der Waals surface area contributed by atoms with E-state index in [0.29, 0.717) is 11.6 Å². The van der Waals surface area contributed by atoms with Gasteiger partial charge in [-0.05, 0) is 84.9 Å². The predicted octanol–water partition coefficient (Wildman–Crippen LogP) is 15.8. The van der Waals surface area contributed by atoms with Gasteiger partial charge in [0.2, 0.25) is 0 Å². The summed E-state index contributed by atoms with van der Waals surface area (Å²) in [5, 5.41) is 12.3. The van der Waals surface area contributed by atoms with Crippen LogP contribution in [0.3, 0.4) is 0 Å². The maximum Gasteiger partial charge on any atom is 0.182 e. The third-order valence-electron chi connectivity index (χ3n) is 12.7. The first-order valence-corrected chi connectivity index (χ1v) is 24.0. The number of fused-ring (bicyclic) bond motifs is 3. The molecule has 0 fully saturated rings. The summed E-state index contributed by atoms with van der Waals surface area (Å²) in [5.74, 6) is 3.04. The van der Waals surface area contributed by atoms with Gasteiger partial charge in [-0.25, -0.2) is 19.3 Å². The molecule has 0 saturated carbocycles. The summed E-state index contributed by atoms with van der Waals surface area (Å²) in [7, 11) is 0. The van der Waals surface area contributed by atoms with Gasteiger partial charge >= 0.3 is 0 Å². The molecule has 0 unspecified atom stereocenters. The van der Waals surface area contributed by atoms with E-state index >= 15 is 0 Å². The molecule has 0 atom stereocenters. The van der Waals surface area contributed by atoms with E-state index in [9.17, 15) is 0 Å². The molecule has 0 aliphatic heterocycles. The SMILES string of the molecule is c1ccc(-c2nc(-c3ccccc3)n(-c3ccc(-n4c5ccccc5c5ccccc54)cc3)n2)cc1.c1ccc(-c2nc(-c3ccccc3)n(-c3ccc(N(c4ccccc4)c4ccccc4)cc3)n2)cc1. The Kier molecular flexibility index (Phi) is 11.8. The van der Waals surface area contributed by atoms with Crippen molar-refractivity contribution in [3.05, 3.63) is 279 Å². The van der Waals surface area contributed by atoms with E-state index in [1.807, 2.05) is 119 Å². The molecule has 0 radical (unpaired) electrons. The van der Waals surface area contributed by atoms with Crippen LogP contribution in [0.15, 0.2) is 279 Å². The van der Waals surface area contributed by atoms with Crippen molar-refractivity contribution in [1.29, 1.82) is 0 Å². The lowest BCUT2D eigenvalue weighted by atomic mass is 10.1. The Morgan fingerprint density at radius 3 is 0.972 bits per heavy atom. The molecule has 72 heavy (non-hydrogen) atoms. The van der Waals surface area contributed by atoms with Crippen LogP contribution in [0.25, 0.3) is 84.4 Å². The van der Waals surface area contributed by atoms with E-state index in [1.165, 1.54) is 21.8 Å². The van der Waals surface area contributed by atoms with Gasteiger partial charge in [0.15, 0.2) is 23.3 Å². The lowest BCUT2D eigenvalue weighted by Gasteiger charge is -2.25. The first-order chi connectivity index (χ1) is 35.7. The predicted molar refractivity (Wildman–Crippen MR) is 293 cm³/mol. The molecule has 13 aromatic rings. The number of para-hydroxylation sites is 4. The molecule has 10 aromatic carbocycles. The van der Waals surface area contributed by atoms with E-state index in [0.717, 1.165) is 68.0 Å². The van der Waals surface area contributed by atoms with E-state index in [2.05, 4.69) is 179 Å². The number of aromatic nitrogens is 7. The van der Waals surface area contributed by atoms with Gasteiger partial charge in [0.05, 0.1) is 22.4 Å². The first-order valence-electron chi connectivity index (χ1n) is 24.0. The number of rotatable bonds is 10. The Bertz CT molecular complexity index is 3780. The summed E-state index contributed by atoms with van der Waals surface area (Å²) in [6.45, 7) is 0. The highest BCUT2D eigenvalue weighted by Crippen LogP contribution is 2.36. The van der Waals surface area contributed by atoms with Crippen molar-refractivity contribution >= 4 is 38.9 Å². The minimum absolute atomic E-state index is 0.703. The average Bonchev–Trinajstić information content (AvgIpc) is 4.21. The average molecular weight is 927 g/mol. The van der Waals surface area contributed by atoms with Crippen molar-refractivity contribution in [2.24, 2.45) is 0 Å². The molecule has 3 aromatic heterocycles. The monoisotopic (exact) mass is 926 g/mol. The van der Waals surface area contributed by atoms with Crippen molar-refractivity contribution in [2.75, 3.05) is 4.90 Å². The van der Waals surface area contributed by atoms with Gasteiger partial charge in [0.1, 0.15) is 0 Å². The van der Waals surface area contributed by atoms with Crippen molar-refractivity contribution in [3.63, 3.8) is 0 Å². The number of benzene rings is 10. The minimum atomic E-state index is 0.703. The van der Waals surface area contributed by atoms with Crippen LogP contribution in [0.2, 0.25) is 0 Å². The smallest absolute Gasteiger partial charge is 0.182 e. The second kappa shape index (κ2) is 19.6. The summed E-state index contributed by atoms with van der Waals surface area (Å²) in [6.07, 6.45) is 0. The van der Waals surface area contributed by atoms with Crippen LogP contribution in [0.4, 0.5) is 17.1 Å². The zero-order valence-electron chi connectivity index (χ0n) is 39.1. The molecule has 0 saturated heterocycles. The zero-order valence-corrected chi connectivity index (χ0v) is 39.1. The van der Waals surface area contributed by atoms with Gasteiger partial charge in [0.25, 0.3) is 0 Å². The second-order valence-electron chi connectivity index (χ2n) is 17.2. The highest BCUT2D eigenvalue weighted by Gasteiger charge is 2.19. The summed E-state index contributed by atoms with van der Waals surface area (Å²) >= 11 is 0. The maximum atomic E-state index is 4.93. The normalized spacial score (nSPS) is 11.1. The number of hydrogen-bond donors (Lipinski definition) is 0. The van der Waals surface area contributed by atoms with Crippen LogP contribution >= 0.6 is 0 Å². The molecule has 3 heterocycles. The van der Waals surface area contributed by atoms with E-state index in [4.69, 9.17) is 20.2 Å². The fourth-order valence-corrected chi connectivity index (χ4v) is 9.24. The van der Waals surface area contributed by atoms with Gasteiger partial charge in [-0.3, -0.25) is 0 Å². The summed E-state index contributed by atoms with van der Waals surface area (Å²) in [4.78, 5) is 12.1. The van der Waals surface area contributed by atoms with Gasteiger partial charge in [-0.15, -0.1) is 10.2 Å². The van der Waals surface area contributed by atoms with Crippen molar-refractivity contribution in [3.8, 4) is 62.6 Å². The van der Waals surface area contributed by atoms with Crippen molar-refractivity contribution in [2.45, 2.75) is 0 Å². The molecular formula is C64H46N8. The van der Waals surface area contributed by atoms with Crippen LogP contribution in [-0.4, -0.2) is 34.1 Å². The van der Waals surface area contributed by atoms with Crippen LogP contribution in [0.1, 0.15) is 0 Å². The molecule has 0 aliphatic rings. The Morgan fingerprint density at radius 1 is 0.264 bits per heavy atom. The minimum Gasteiger partial charge on any atom is -0.311 e. The van der Waals surface area contributed by atoms with Gasteiger partial charge in [-0.1, -0.05) is 194 Å². The van der Waals surface area contributed by atoms with Gasteiger partial charge in [0, 0.05) is 55.8 Å². The lowest BCUT2D eigenvalue weighted by Crippen LogP contribution is -2.10. The molecule has 342 valence electrons. The van der Waals surface area contributed by atoms with Crippen LogP contribution in [-0.2, 0) is 0 Å². The molecule has 8 nitrogen and oxygen atoms in total. The molecule has 8 heteroatoms. The number of nitrogens with zero attached hydrogens (tertiary/aromatic N) is 8. The van der Waals surface area contributed by atoms with Crippen molar-refractivity contribution in [1.82, 2.24) is 34.1 Å². The fourth-order valence-electron chi connectivity index (χ4n) is 9.24. The van der Waals surface area contributed by atoms with Gasteiger partial charge < -0.3 is 9.47 Å². The third kappa shape index (κ3) is 8.61. The quantitative estimate of drug-likeness (QED) is 0.137. The lowest BCUT2D eigenvalue weighted by molar-refractivity contribution is 0.889. The van der Waals surface area contributed by atoms with Crippen LogP contribution < -0.4 is 4.90 Å². The van der Waals surface area contributed by atoms with Crippen molar-refractivity contribution < 1.29 is 0 Å². The van der Waals surface area contributed by atoms with E-state index in [1.54, 1.807) is 0 Å². The molecule has 0 bridgehead atoms. The van der Waals surface area contributed by atoms with Crippen LogP contribution in [0.5, 0.6) is 0 Å². The summed E-state index contributed by atoms with van der Waals surface area (Å²) in [6, 6.07) is 95.6. The Balaban J connectivity index is 0.000000147. The number of hydrogen-bond acceptors (Lipinski definition) is 5. The molecular weight excluding hydrogens is 881 g/mol. The molecule has 13 rings (SSSR count). The standard InChI is InChI=1S/C32H22N4.C32H24N4/c1-3-11-23(12-4-1)31-33-32(24-13-5-2-6-14-24)36(34-31)26-21-19-25(20-22-26)35-29-17-9-7-15-27(29)28-16-8-10-18-30(28)35;1-5-13-25(14-6-1)31-33-32(26-15-7-2-8-16-26)36(34-31)30-23-21-29(22-24-30)35(27-17-9-3-10-18-27)28-19-11-4-12-20-28/h1-22H;1-24H. The maximum absolute atomic E-state index is 4.93. The molecule has 0 amide bonds. The highest BCUT2D eigenvalue weighted by atomic mass is 15.4. The summed E-state index contributed by atoms with van der Waals surface area (Å²) < 4.78 is 6.19. The highest BCUT2D eigenvalue weighted by molar-refractivity contribution is 6.09. The Hall–Kier alpha value is -9.92. The van der Waals surface area contributed by atoms with Gasteiger partial charge in [-0.2, -0.15) is 0 Å². The molecule has 0 spiro atoms. The Labute approximate surface area is 417 Å². The topological polar surface area (TPSA) is 69.6 Å². The first kappa shape index (κ1) is 43.4. The largest absolute Gasteiger partial charge is 0.311 e. The third-order valence-corrected chi connectivity index (χ3v) is 12.7. The molecule has 0 aliphatic carbocycles. The summed E-state index contributed by atoms with van der Waals surface area (Å²) in [5.41, 5.74) is 12.7. The van der Waals surface area contributed by atoms with E-state index < -0.39 is 0 Å².